The van der Waals surface area contributed by atoms with Crippen LogP contribution in [0.4, 0.5) is 0 Å². The van der Waals surface area contributed by atoms with Crippen molar-refractivity contribution in [3.63, 3.8) is 0 Å². The summed E-state index contributed by atoms with van der Waals surface area (Å²) >= 11 is 1.59. The molecule has 0 spiro atoms. The highest BCUT2D eigenvalue weighted by Gasteiger charge is 2.36. The molecule has 1 unspecified atom stereocenters. The van der Waals surface area contributed by atoms with Crippen LogP contribution in [0, 0.1) is 0 Å². The van der Waals surface area contributed by atoms with Gasteiger partial charge in [-0.3, -0.25) is 4.79 Å². The van der Waals surface area contributed by atoms with Crippen LogP contribution < -0.4 is 5.32 Å². The third kappa shape index (κ3) is 2.34. The van der Waals surface area contributed by atoms with E-state index in [1.54, 1.807) is 17.8 Å². The zero-order chi connectivity index (χ0) is 13.6. The first-order chi connectivity index (χ1) is 8.22. The number of hydrogen-bond donors (Lipinski definition) is 2. The molecular formula is C14H19NO2S. The maximum Gasteiger partial charge on any atom is 0.231 e. The van der Waals surface area contributed by atoms with Crippen molar-refractivity contribution in [2.24, 2.45) is 0 Å². The van der Waals surface area contributed by atoms with Crippen molar-refractivity contribution < 1.29 is 9.90 Å². The molecule has 2 N–H and O–H groups in total. The van der Waals surface area contributed by atoms with Crippen LogP contribution in [0.5, 0.6) is 5.75 Å². The summed E-state index contributed by atoms with van der Waals surface area (Å²) in [6.07, 6.45) is 0. The third-order valence-electron chi connectivity index (χ3n) is 3.23. The minimum absolute atomic E-state index is 0.0629. The van der Waals surface area contributed by atoms with Crippen LogP contribution in [0.3, 0.4) is 0 Å². The molecule has 1 heterocycles. The summed E-state index contributed by atoms with van der Waals surface area (Å²) in [7, 11) is 0. The third-order valence-corrected chi connectivity index (χ3v) is 4.55. The van der Waals surface area contributed by atoms with Crippen LogP contribution in [-0.4, -0.2) is 16.8 Å². The fraction of sp³-hybridized carbons (Fsp3) is 0.500. The molecule has 1 atom stereocenters. The summed E-state index contributed by atoms with van der Waals surface area (Å²) in [6, 6.07) is 5.59. The van der Waals surface area contributed by atoms with Crippen LogP contribution in [0.25, 0.3) is 0 Å². The molecule has 2 rings (SSSR count). The second-order valence-electron chi connectivity index (χ2n) is 5.85. The number of aromatic hydroxyl groups is 1. The fourth-order valence-electron chi connectivity index (χ4n) is 2.14. The molecule has 0 radical (unpaired) electrons. The minimum Gasteiger partial charge on any atom is -0.508 e. The van der Waals surface area contributed by atoms with E-state index in [-0.39, 0.29) is 16.2 Å². The summed E-state index contributed by atoms with van der Waals surface area (Å²) < 4.78 is 0. The molecule has 0 bridgehead atoms. The van der Waals surface area contributed by atoms with E-state index in [4.69, 9.17) is 0 Å². The summed E-state index contributed by atoms with van der Waals surface area (Å²) in [6.45, 7) is 8.19. The number of rotatable bonds is 1. The molecule has 1 fully saturated rings. The van der Waals surface area contributed by atoms with Gasteiger partial charge in [-0.05, 0) is 35.6 Å². The van der Waals surface area contributed by atoms with Crippen LogP contribution in [0.1, 0.15) is 38.8 Å². The highest BCUT2D eigenvalue weighted by Crippen LogP contribution is 2.40. The number of thioether (sulfide) groups is 1. The SMILES string of the molecule is CC(C)(C)c1cc(C2(C)NC(=O)CS2)ccc1O. The highest BCUT2D eigenvalue weighted by atomic mass is 32.2. The number of nitrogens with one attached hydrogen (secondary N) is 1. The van der Waals surface area contributed by atoms with E-state index in [1.165, 1.54) is 0 Å². The fourth-order valence-corrected chi connectivity index (χ4v) is 3.11. The van der Waals surface area contributed by atoms with Crippen molar-refractivity contribution in [3.05, 3.63) is 29.3 Å². The lowest BCUT2D eigenvalue weighted by Crippen LogP contribution is -2.34. The van der Waals surface area contributed by atoms with E-state index in [1.807, 2.05) is 19.1 Å². The standard InChI is InChI=1S/C14H19NO2S/c1-13(2,3)10-7-9(5-6-11(10)16)14(4)15-12(17)8-18-14/h5-7,16H,8H2,1-4H3,(H,15,17). The molecule has 1 aliphatic rings. The molecule has 0 saturated carbocycles. The maximum absolute atomic E-state index is 11.4. The lowest BCUT2D eigenvalue weighted by molar-refractivity contribution is -0.118. The molecule has 0 aromatic heterocycles. The zero-order valence-corrected chi connectivity index (χ0v) is 12.0. The van der Waals surface area contributed by atoms with Gasteiger partial charge in [0.05, 0.1) is 5.75 Å². The van der Waals surface area contributed by atoms with Gasteiger partial charge in [-0.2, -0.15) is 0 Å². The average molecular weight is 265 g/mol. The first kappa shape index (κ1) is 13.3. The molecule has 98 valence electrons. The number of carbonyl (C=O) groups excluding carboxylic acids is 1. The molecule has 18 heavy (non-hydrogen) atoms. The van der Waals surface area contributed by atoms with Crippen molar-refractivity contribution in [3.8, 4) is 5.75 Å². The van der Waals surface area contributed by atoms with Gasteiger partial charge in [0.25, 0.3) is 0 Å². The van der Waals surface area contributed by atoms with E-state index in [9.17, 15) is 9.90 Å². The Labute approximate surface area is 112 Å². The number of benzene rings is 1. The zero-order valence-electron chi connectivity index (χ0n) is 11.2. The van der Waals surface area contributed by atoms with Crippen molar-refractivity contribution >= 4 is 17.7 Å². The van der Waals surface area contributed by atoms with Gasteiger partial charge in [0.15, 0.2) is 0 Å². The lowest BCUT2D eigenvalue weighted by atomic mass is 9.84. The van der Waals surface area contributed by atoms with Gasteiger partial charge in [-0.25, -0.2) is 0 Å². The quantitative estimate of drug-likeness (QED) is 0.821. The molecule has 4 heteroatoms. The maximum atomic E-state index is 11.4. The van der Waals surface area contributed by atoms with E-state index < -0.39 is 0 Å². The Kier molecular flexibility index (Phi) is 3.09. The summed E-state index contributed by atoms with van der Waals surface area (Å²) in [5.74, 6) is 0.861. The number of hydrogen-bond acceptors (Lipinski definition) is 3. The van der Waals surface area contributed by atoms with Gasteiger partial charge in [0, 0.05) is 0 Å². The van der Waals surface area contributed by atoms with Crippen LogP contribution in [0.2, 0.25) is 0 Å². The van der Waals surface area contributed by atoms with E-state index in [0.717, 1.165) is 11.1 Å². The summed E-state index contributed by atoms with van der Waals surface area (Å²) in [5.41, 5.74) is 1.81. The van der Waals surface area contributed by atoms with Crippen molar-refractivity contribution in [1.29, 1.82) is 0 Å². The Hall–Kier alpha value is -1.16. The van der Waals surface area contributed by atoms with Gasteiger partial charge in [0.1, 0.15) is 10.6 Å². The molecular weight excluding hydrogens is 246 g/mol. The largest absolute Gasteiger partial charge is 0.508 e. The lowest BCUT2D eigenvalue weighted by Gasteiger charge is -2.27. The Bertz CT molecular complexity index is 493. The monoisotopic (exact) mass is 265 g/mol. The molecule has 1 saturated heterocycles. The smallest absolute Gasteiger partial charge is 0.231 e. The second-order valence-corrected chi connectivity index (χ2v) is 7.25. The van der Waals surface area contributed by atoms with E-state index in [0.29, 0.717) is 11.5 Å². The van der Waals surface area contributed by atoms with Crippen LogP contribution in [0.15, 0.2) is 18.2 Å². The number of phenolic OH excluding ortho intramolecular Hbond substituents is 1. The Balaban J connectivity index is 2.45. The molecule has 3 nitrogen and oxygen atoms in total. The predicted octanol–water partition coefficient (Wildman–Crippen LogP) is 2.73. The minimum atomic E-state index is -0.384. The average Bonchev–Trinajstić information content (AvgIpc) is 2.58. The number of amides is 1. The second kappa shape index (κ2) is 4.19. The molecule has 1 amide bonds. The van der Waals surface area contributed by atoms with Crippen molar-refractivity contribution in [2.45, 2.75) is 38.0 Å². The summed E-state index contributed by atoms with van der Waals surface area (Å²) in [5, 5.41) is 12.9. The van der Waals surface area contributed by atoms with Crippen LogP contribution >= 0.6 is 11.8 Å². The van der Waals surface area contributed by atoms with Crippen molar-refractivity contribution in [1.82, 2.24) is 5.32 Å². The highest BCUT2D eigenvalue weighted by molar-refractivity contribution is 8.01. The van der Waals surface area contributed by atoms with Gasteiger partial charge in [-0.15, -0.1) is 11.8 Å². The molecule has 1 aromatic carbocycles. The van der Waals surface area contributed by atoms with E-state index in [2.05, 4.69) is 26.1 Å². The Morgan fingerprint density at radius 2 is 2.06 bits per heavy atom. The molecule has 1 aromatic rings. The molecule has 0 aliphatic carbocycles. The number of phenols is 1. The van der Waals surface area contributed by atoms with E-state index >= 15 is 0 Å². The van der Waals surface area contributed by atoms with Gasteiger partial charge >= 0.3 is 0 Å². The summed E-state index contributed by atoms with van der Waals surface area (Å²) in [4.78, 5) is 11.0. The van der Waals surface area contributed by atoms with Crippen LogP contribution in [-0.2, 0) is 15.1 Å². The van der Waals surface area contributed by atoms with Gasteiger partial charge in [0.2, 0.25) is 5.91 Å². The van der Waals surface area contributed by atoms with Crippen molar-refractivity contribution in [2.75, 3.05) is 5.75 Å². The van der Waals surface area contributed by atoms with Gasteiger partial charge in [-0.1, -0.05) is 26.8 Å². The normalized spacial score (nSPS) is 24.1. The Morgan fingerprint density at radius 1 is 1.39 bits per heavy atom. The molecule has 1 aliphatic heterocycles. The van der Waals surface area contributed by atoms with Gasteiger partial charge < -0.3 is 10.4 Å². The Morgan fingerprint density at radius 3 is 2.56 bits per heavy atom. The topological polar surface area (TPSA) is 49.3 Å². The number of carbonyl (C=O) groups is 1. The first-order valence-electron chi connectivity index (χ1n) is 6.01. The predicted molar refractivity (Wildman–Crippen MR) is 74.8 cm³/mol. The first-order valence-corrected chi connectivity index (χ1v) is 7.00.